The summed E-state index contributed by atoms with van der Waals surface area (Å²) in [4.78, 5) is 20.3. The molecule has 9 aromatic rings. The molecular formula is C53H39N5. The molecule has 0 spiro atoms. The van der Waals surface area contributed by atoms with Crippen LogP contribution in [0.25, 0.3) is 72.9 Å². The molecule has 0 aliphatic rings. The highest BCUT2D eigenvalue weighted by atomic mass is 15.0. The Balaban J connectivity index is 1.13. The van der Waals surface area contributed by atoms with E-state index in [0.717, 1.165) is 61.0 Å². The number of benzene rings is 8. The number of hydrogen-bond donors (Lipinski definition) is 1. The highest BCUT2D eigenvalue weighted by Gasteiger charge is 2.18. The van der Waals surface area contributed by atoms with Crippen molar-refractivity contribution in [3.05, 3.63) is 229 Å². The van der Waals surface area contributed by atoms with Gasteiger partial charge in [0.2, 0.25) is 0 Å². The van der Waals surface area contributed by atoms with Crippen LogP contribution in [0, 0.1) is 0 Å². The summed E-state index contributed by atoms with van der Waals surface area (Å²) in [6.07, 6.45) is 1.98. The number of nitrogens with two attached hydrogens (primary N) is 1. The number of nitrogens with zero attached hydrogens (tertiary/aromatic N) is 4. The van der Waals surface area contributed by atoms with E-state index in [4.69, 9.17) is 25.7 Å². The summed E-state index contributed by atoms with van der Waals surface area (Å²) in [6, 6.07) is 70.5. The maximum atomic E-state index is 6.72. The second-order valence-electron chi connectivity index (χ2n) is 14.1. The fraction of sp³-hybridized carbons (Fsp3) is 0.0189. The second-order valence-corrected chi connectivity index (χ2v) is 14.1. The number of aliphatic imine (C=N–C) groups is 1. The zero-order valence-corrected chi connectivity index (χ0v) is 31.8. The predicted octanol–water partition coefficient (Wildman–Crippen LogP) is 12.3. The minimum atomic E-state index is 0.505. The van der Waals surface area contributed by atoms with E-state index in [9.17, 15) is 0 Å². The third-order valence-electron chi connectivity index (χ3n) is 10.2. The van der Waals surface area contributed by atoms with E-state index in [-0.39, 0.29) is 0 Å². The smallest absolute Gasteiger partial charge is 0.164 e. The summed E-state index contributed by atoms with van der Waals surface area (Å²) >= 11 is 0. The Bertz CT molecular complexity index is 2810. The summed E-state index contributed by atoms with van der Waals surface area (Å²) in [7, 11) is 0. The van der Waals surface area contributed by atoms with Gasteiger partial charge < -0.3 is 5.73 Å². The Morgan fingerprint density at radius 3 is 1.55 bits per heavy atom. The summed E-state index contributed by atoms with van der Waals surface area (Å²) in [6.45, 7) is 0.505. The van der Waals surface area contributed by atoms with Gasteiger partial charge in [0.05, 0.1) is 12.3 Å². The number of hydrogen-bond acceptors (Lipinski definition) is 5. The first-order chi connectivity index (χ1) is 28.7. The standard InChI is InChI=1S/C53H39N5/c54-48(41-18-7-2-8-19-41)35-49(55-36-37-25-27-39(28-26-37)38-15-5-1-6-16-38)42-29-31-43(32-30-42)50-46-24-14-13-17-40(46)33-34-47(50)53-57-51(44-20-9-3-10-21-44)56-52(58-53)45-22-11-4-12-23-45/h1-35H,36,54H2/b48-35-,55-49+. The lowest BCUT2D eigenvalue weighted by molar-refractivity contribution is 1.07. The van der Waals surface area contributed by atoms with E-state index >= 15 is 0 Å². The average Bonchev–Trinajstić information content (AvgIpc) is 3.31. The van der Waals surface area contributed by atoms with Crippen molar-refractivity contribution in [2.45, 2.75) is 6.54 Å². The van der Waals surface area contributed by atoms with Crippen molar-refractivity contribution in [2.24, 2.45) is 10.7 Å². The Morgan fingerprint density at radius 2 is 0.931 bits per heavy atom. The van der Waals surface area contributed by atoms with Crippen LogP contribution in [0.3, 0.4) is 0 Å². The first-order valence-corrected chi connectivity index (χ1v) is 19.4. The van der Waals surface area contributed by atoms with Gasteiger partial charge in [-0.15, -0.1) is 0 Å². The Labute approximate surface area is 338 Å². The van der Waals surface area contributed by atoms with E-state index in [1.165, 1.54) is 11.1 Å². The number of fused-ring (bicyclic) bond motifs is 1. The van der Waals surface area contributed by atoms with Gasteiger partial charge in [-0.1, -0.05) is 200 Å². The molecule has 1 heterocycles. The number of aromatic nitrogens is 3. The third-order valence-corrected chi connectivity index (χ3v) is 10.2. The molecule has 58 heavy (non-hydrogen) atoms. The molecule has 1 aromatic heterocycles. The zero-order chi connectivity index (χ0) is 39.1. The van der Waals surface area contributed by atoms with E-state index in [1.54, 1.807) is 0 Å². The summed E-state index contributed by atoms with van der Waals surface area (Å²) < 4.78 is 0. The average molecular weight is 746 g/mol. The lowest BCUT2D eigenvalue weighted by atomic mass is 9.91. The highest BCUT2D eigenvalue weighted by molar-refractivity contribution is 6.12. The minimum absolute atomic E-state index is 0.505. The summed E-state index contributed by atoms with van der Waals surface area (Å²) in [5.74, 6) is 1.85. The van der Waals surface area contributed by atoms with Crippen molar-refractivity contribution in [1.82, 2.24) is 15.0 Å². The Kier molecular flexibility index (Phi) is 10.2. The molecule has 0 aliphatic carbocycles. The molecule has 2 N–H and O–H groups in total. The van der Waals surface area contributed by atoms with Crippen LogP contribution >= 0.6 is 0 Å². The quantitative estimate of drug-likeness (QED) is 0.141. The van der Waals surface area contributed by atoms with Gasteiger partial charge in [0.1, 0.15) is 0 Å². The van der Waals surface area contributed by atoms with Crippen molar-refractivity contribution < 1.29 is 0 Å². The Morgan fingerprint density at radius 1 is 0.431 bits per heavy atom. The van der Waals surface area contributed by atoms with Crippen LogP contribution in [0.5, 0.6) is 0 Å². The van der Waals surface area contributed by atoms with Gasteiger partial charge in [-0.3, -0.25) is 4.99 Å². The SMILES string of the molecule is N/C(=C\C(=N/Cc1ccc(-c2ccccc2)cc1)c1ccc(-c2c(-c3nc(-c4ccccc4)nc(-c4ccccc4)n3)ccc3ccccc23)cc1)c1ccccc1. The van der Waals surface area contributed by atoms with E-state index in [1.807, 2.05) is 103 Å². The molecular weight excluding hydrogens is 707 g/mol. The van der Waals surface area contributed by atoms with E-state index in [2.05, 4.69) is 109 Å². The van der Waals surface area contributed by atoms with E-state index < -0.39 is 0 Å². The second kappa shape index (κ2) is 16.5. The van der Waals surface area contributed by atoms with Crippen LogP contribution in [0.15, 0.2) is 217 Å². The molecule has 0 fully saturated rings. The minimum Gasteiger partial charge on any atom is -0.398 e. The molecule has 0 radical (unpaired) electrons. The molecule has 0 atom stereocenters. The first kappa shape index (κ1) is 35.9. The van der Waals surface area contributed by atoms with Crippen molar-refractivity contribution in [3.63, 3.8) is 0 Å². The van der Waals surface area contributed by atoms with Crippen LogP contribution in [0.4, 0.5) is 0 Å². The first-order valence-electron chi connectivity index (χ1n) is 19.4. The van der Waals surface area contributed by atoms with E-state index in [0.29, 0.717) is 29.7 Å². The molecule has 5 nitrogen and oxygen atoms in total. The molecule has 0 amide bonds. The molecule has 0 bridgehead atoms. The largest absolute Gasteiger partial charge is 0.398 e. The van der Waals surface area contributed by atoms with Crippen molar-refractivity contribution in [1.29, 1.82) is 0 Å². The van der Waals surface area contributed by atoms with Gasteiger partial charge >= 0.3 is 0 Å². The number of allylic oxidation sites excluding steroid dienone is 1. The van der Waals surface area contributed by atoms with Crippen LogP contribution in [0.2, 0.25) is 0 Å². The molecule has 0 saturated heterocycles. The van der Waals surface area contributed by atoms with Crippen molar-refractivity contribution in [3.8, 4) is 56.4 Å². The van der Waals surface area contributed by atoms with Crippen LogP contribution in [0.1, 0.15) is 16.7 Å². The van der Waals surface area contributed by atoms with Gasteiger partial charge in [0, 0.05) is 28.0 Å². The molecule has 8 aromatic carbocycles. The topological polar surface area (TPSA) is 77.0 Å². The fourth-order valence-corrected chi connectivity index (χ4v) is 7.20. The number of rotatable bonds is 10. The fourth-order valence-electron chi connectivity index (χ4n) is 7.20. The van der Waals surface area contributed by atoms with Crippen LogP contribution < -0.4 is 5.73 Å². The van der Waals surface area contributed by atoms with Crippen molar-refractivity contribution >= 4 is 22.2 Å². The monoisotopic (exact) mass is 745 g/mol. The molecule has 0 saturated carbocycles. The molecule has 0 aliphatic heterocycles. The van der Waals surface area contributed by atoms with Gasteiger partial charge in [0.15, 0.2) is 17.5 Å². The summed E-state index contributed by atoms with van der Waals surface area (Å²) in [5, 5.41) is 2.24. The third kappa shape index (κ3) is 7.83. The maximum Gasteiger partial charge on any atom is 0.164 e. The van der Waals surface area contributed by atoms with Crippen LogP contribution in [-0.4, -0.2) is 20.7 Å². The van der Waals surface area contributed by atoms with Gasteiger partial charge in [-0.2, -0.15) is 0 Å². The predicted molar refractivity (Wildman–Crippen MR) is 240 cm³/mol. The van der Waals surface area contributed by atoms with Crippen LogP contribution in [-0.2, 0) is 6.54 Å². The molecule has 276 valence electrons. The van der Waals surface area contributed by atoms with Gasteiger partial charge in [0.25, 0.3) is 0 Å². The highest BCUT2D eigenvalue weighted by Crippen LogP contribution is 2.38. The Hall–Kier alpha value is -7.76. The van der Waals surface area contributed by atoms with Crippen molar-refractivity contribution in [2.75, 3.05) is 0 Å². The normalized spacial score (nSPS) is 11.8. The molecule has 5 heteroatoms. The lowest BCUT2D eigenvalue weighted by Gasteiger charge is -2.15. The maximum absolute atomic E-state index is 6.72. The van der Waals surface area contributed by atoms with Gasteiger partial charge in [-0.05, 0) is 56.3 Å². The molecule has 9 rings (SSSR count). The molecule has 0 unspecified atom stereocenters. The summed E-state index contributed by atoms with van der Waals surface area (Å²) in [5.41, 5.74) is 18.4. The zero-order valence-electron chi connectivity index (χ0n) is 31.8. The van der Waals surface area contributed by atoms with Gasteiger partial charge in [-0.25, -0.2) is 15.0 Å². The lowest BCUT2D eigenvalue weighted by Crippen LogP contribution is -2.05.